The Morgan fingerprint density at radius 1 is 1.22 bits per heavy atom. The van der Waals surface area contributed by atoms with Crippen LogP contribution in [0.1, 0.15) is 85.0 Å². The molecular weight excluding hydrogens is 340 g/mol. The van der Waals surface area contributed by atoms with Gasteiger partial charge in [-0.1, -0.05) is 43.9 Å². The monoisotopic (exact) mass is 376 g/mol. The molecule has 0 unspecified atom stereocenters. The van der Waals surface area contributed by atoms with Gasteiger partial charge in [-0.15, -0.1) is 5.73 Å². The van der Waals surface area contributed by atoms with Crippen molar-refractivity contribution in [1.29, 1.82) is 0 Å². The molecule has 27 heavy (non-hydrogen) atoms. The number of hydrogen-bond acceptors (Lipinski definition) is 4. The lowest BCUT2D eigenvalue weighted by molar-refractivity contribution is -0.207. The molecule has 0 aliphatic heterocycles. The Balaban J connectivity index is 2.59. The number of allylic oxidation sites excluding steroid dienone is 4. The first-order chi connectivity index (χ1) is 12.9. The van der Waals surface area contributed by atoms with Crippen LogP contribution in [0.2, 0.25) is 0 Å². The predicted octanol–water partition coefficient (Wildman–Crippen LogP) is 5.12. The number of ether oxygens (including phenoxy) is 1. The van der Waals surface area contributed by atoms with Gasteiger partial charge in [-0.2, -0.15) is 0 Å². The van der Waals surface area contributed by atoms with E-state index in [-0.39, 0.29) is 13.0 Å². The van der Waals surface area contributed by atoms with Crippen LogP contribution in [0.25, 0.3) is 0 Å². The quantitative estimate of drug-likeness (QED) is 0.215. The van der Waals surface area contributed by atoms with Crippen LogP contribution in [0.5, 0.6) is 0 Å². The van der Waals surface area contributed by atoms with Gasteiger partial charge < -0.3 is 14.9 Å². The van der Waals surface area contributed by atoms with E-state index < -0.39 is 11.8 Å². The van der Waals surface area contributed by atoms with Crippen LogP contribution < -0.4 is 0 Å². The zero-order valence-corrected chi connectivity index (χ0v) is 17.2. The molecule has 0 amide bonds. The lowest BCUT2D eigenvalue weighted by atomic mass is 10.0. The summed E-state index contributed by atoms with van der Waals surface area (Å²) >= 11 is 0. The van der Waals surface area contributed by atoms with Crippen molar-refractivity contribution in [3.8, 4) is 0 Å². The van der Waals surface area contributed by atoms with E-state index >= 15 is 0 Å². The van der Waals surface area contributed by atoms with E-state index in [1.807, 2.05) is 6.92 Å². The van der Waals surface area contributed by atoms with E-state index in [4.69, 9.17) is 0 Å². The second kappa shape index (κ2) is 12.7. The highest BCUT2D eigenvalue weighted by atomic mass is 16.6. The third-order valence-electron chi connectivity index (χ3n) is 4.74. The molecule has 0 saturated heterocycles. The van der Waals surface area contributed by atoms with Crippen molar-refractivity contribution in [2.75, 3.05) is 6.61 Å². The largest absolute Gasteiger partial charge is 0.462 e. The number of esters is 1. The van der Waals surface area contributed by atoms with E-state index in [9.17, 15) is 15.0 Å². The molecule has 0 saturated carbocycles. The van der Waals surface area contributed by atoms with Crippen molar-refractivity contribution < 1.29 is 19.7 Å². The Hall–Kier alpha value is -1.61. The molecule has 0 aromatic heterocycles. The molecule has 0 aromatic rings. The molecule has 0 aromatic carbocycles. The van der Waals surface area contributed by atoms with E-state index in [1.165, 1.54) is 49.3 Å². The van der Waals surface area contributed by atoms with Crippen LogP contribution in [0.15, 0.2) is 40.7 Å². The fourth-order valence-corrected chi connectivity index (χ4v) is 3.22. The number of carbonyl (C=O) groups is 1. The minimum absolute atomic E-state index is 0.114. The van der Waals surface area contributed by atoms with Gasteiger partial charge in [-0.3, -0.25) is 0 Å². The van der Waals surface area contributed by atoms with Crippen LogP contribution in [0.4, 0.5) is 0 Å². The SMILES string of the molecule is CCCCCC/C=C/C1=C(CC(C)=C=CCC(O)(O)C(=O)OCC)CCC1. The van der Waals surface area contributed by atoms with E-state index in [1.54, 1.807) is 6.92 Å². The Morgan fingerprint density at radius 2 is 2.00 bits per heavy atom. The first kappa shape index (κ1) is 23.4. The standard InChI is InChI=1S/C23H36O4/c1-4-6-7-8-9-10-14-20-15-11-16-21(20)18-19(3)13-12-17-23(25,26)22(24)27-5-2/h10,12,14,25-26H,4-9,11,15-18H2,1-3H3/b14-10+. The summed E-state index contributed by atoms with van der Waals surface area (Å²) in [5, 5.41) is 19.4. The third kappa shape index (κ3) is 9.23. The molecule has 0 heterocycles. The van der Waals surface area contributed by atoms with Gasteiger partial charge >= 0.3 is 5.97 Å². The molecule has 1 aliphatic carbocycles. The van der Waals surface area contributed by atoms with Gasteiger partial charge in [0.25, 0.3) is 5.79 Å². The summed E-state index contributed by atoms with van der Waals surface area (Å²) in [5.41, 5.74) is 7.00. The minimum Gasteiger partial charge on any atom is -0.462 e. The first-order valence-corrected chi connectivity index (χ1v) is 10.3. The van der Waals surface area contributed by atoms with Crippen molar-refractivity contribution in [3.05, 3.63) is 40.7 Å². The normalized spacial score (nSPS) is 14.6. The van der Waals surface area contributed by atoms with E-state index in [0.29, 0.717) is 0 Å². The van der Waals surface area contributed by atoms with Gasteiger partial charge in [-0.05, 0) is 69.6 Å². The Bertz CT molecular complexity index is 589. The van der Waals surface area contributed by atoms with Crippen molar-refractivity contribution in [3.63, 3.8) is 0 Å². The number of rotatable bonds is 12. The summed E-state index contributed by atoms with van der Waals surface area (Å²) in [5.74, 6) is -3.51. The summed E-state index contributed by atoms with van der Waals surface area (Å²) in [4.78, 5) is 11.5. The number of unbranched alkanes of at least 4 members (excludes halogenated alkanes) is 4. The zero-order valence-electron chi connectivity index (χ0n) is 17.2. The Kier molecular flexibility index (Phi) is 11.0. The average Bonchev–Trinajstić information content (AvgIpc) is 3.05. The lowest BCUT2D eigenvalue weighted by Crippen LogP contribution is -2.39. The molecule has 0 atom stereocenters. The van der Waals surface area contributed by atoms with Gasteiger partial charge in [0.1, 0.15) is 0 Å². The summed E-state index contributed by atoms with van der Waals surface area (Å²) in [7, 11) is 0. The molecule has 0 fully saturated rings. The number of aliphatic hydroxyl groups is 2. The van der Waals surface area contributed by atoms with Crippen LogP contribution in [-0.2, 0) is 9.53 Å². The second-order valence-corrected chi connectivity index (χ2v) is 7.28. The van der Waals surface area contributed by atoms with Gasteiger partial charge in [0.2, 0.25) is 0 Å². The Labute approximate surface area is 164 Å². The molecule has 152 valence electrons. The third-order valence-corrected chi connectivity index (χ3v) is 4.74. The molecule has 2 N–H and O–H groups in total. The maximum atomic E-state index is 11.5. The average molecular weight is 377 g/mol. The molecule has 0 spiro atoms. The first-order valence-electron chi connectivity index (χ1n) is 10.3. The summed E-state index contributed by atoms with van der Waals surface area (Å²) in [6, 6.07) is 0. The summed E-state index contributed by atoms with van der Waals surface area (Å²) in [6.45, 7) is 5.95. The van der Waals surface area contributed by atoms with Crippen LogP contribution in [0, 0.1) is 0 Å². The number of hydrogen-bond donors (Lipinski definition) is 2. The fourth-order valence-electron chi connectivity index (χ4n) is 3.22. The zero-order chi connectivity index (χ0) is 20.1. The van der Waals surface area contributed by atoms with Gasteiger partial charge in [0.05, 0.1) is 6.61 Å². The van der Waals surface area contributed by atoms with Crippen molar-refractivity contribution in [2.24, 2.45) is 0 Å². The second-order valence-electron chi connectivity index (χ2n) is 7.28. The molecule has 0 radical (unpaired) electrons. The van der Waals surface area contributed by atoms with E-state index in [0.717, 1.165) is 31.3 Å². The highest BCUT2D eigenvalue weighted by Gasteiger charge is 2.33. The van der Waals surface area contributed by atoms with Gasteiger partial charge in [-0.25, -0.2) is 4.79 Å². The maximum absolute atomic E-state index is 11.5. The van der Waals surface area contributed by atoms with Crippen LogP contribution in [0.3, 0.4) is 0 Å². The summed E-state index contributed by atoms with van der Waals surface area (Å²) in [6.07, 6.45) is 16.5. The van der Waals surface area contributed by atoms with Crippen molar-refractivity contribution in [2.45, 2.75) is 90.8 Å². The minimum atomic E-state index is -2.48. The topological polar surface area (TPSA) is 66.8 Å². The van der Waals surface area contributed by atoms with Gasteiger partial charge in [0.15, 0.2) is 0 Å². The molecule has 4 nitrogen and oxygen atoms in total. The predicted molar refractivity (Wildman–Crippen MR) is 109 cm³/mol. The van der Waals surface area contributed by atoms with Crippen LogP contribution >= 0.6 is 0 Å². The van der Waals surface area contributed by atoms with Crippen LogP contribution in [-0.4, -0.2) is 28.6 Å². The Morgan fingerprint density at radius 3 is 2.70 bits per heavy atom. The highest BCUT2D eigenvalue weighted by Crippen LogP contribution is 2.31. The van der Waals surface area contributed by atoms with Gasteiger partial charge in [0, 0.05) is 6.42 Å². The summed E-state index contributed by atoms with van der Waals surface area (Å²) < 4.78 is 4.65. The molecule has 1 aliphatic rings. The molecule has 1 rings (SSSR count). The smallest absolute Gasteiger partial charge is 0.366 e. The highest BCUT2D eigenvalue weighted by molar-refractivity contribution is 5.77. The molecule has 4 heteroatoms. The molecular formula is C23H36O4. The van der Waals surface area contributed by atoms with Crippen molar-refractivity contribution >= 4 is 5.97 Å². The van der Waals surface area contributed by atoms with Crippen molar-refractivity contribution in [1.82, 2.24) is 0 Å². The maximum Gasteiger partial charge on any atom is 0.366 e. The number of carbonyl (C=O) groups excluding carboxylic acids is 1. The fraction of sp³-hybridized carbons (Fsp3) is 0.652. The lowest BCUT2D eigenvalue weighted by Gasteiger charge is -2.16. The molecule has 0 bridgehead atoms. The van der Waals surface area contributed by atoms with E-state index in [2.05, 4.69) is 29.5 Å².